The van der Waals surface area contributed by atoms with Crippen LogP contribution in [0.3, 0.4) is 0 Å². The summed E-state index contributed by atoms with van der Waals surface area (Å²) in [5.74, 6) is -0.875. The van der Waals surface area contributed by atoms with Gasteiger partial charge in [0.1, 0.15) is 11.6 Å². The molecule has 21 heavy (non-hydrogen) atoms. The second kappa shape index (κ2) is 5.50. The molecule has 0 fully saturated rings. The van der Waals surface area contributed by atoms with Gasteiger partial charge in [-0.25, -0.2) is 8.78 Å². The molecule has 0 aliphatic rings. The van der Waals surface area contributed by atoms with Gasteiger partial charge in [-0.05, 0) is 29.1 Å². The standard InChI is InChI=1S/C17H13F2NO/c18-12-6-8-17(15(19)9-12)21-16-7-5-11(10-20)13-3-1-2-4-14(13)16/h1-9H,10,20H2. The van der Waals surface area contributed by atoms with E-state index in [4.69, 9.17) is 10.5 Å². The summed E-state index contributed by atoms with van der Waals surface area (Å²) in [4.78, 5) is 0. The molecule has 0 amide bonds. The van der Waals surface area contributed by atoms with Crippen molar-refractivity contribution in [2.75, 3.05) is 0 Å². The molecule has 0 bridgehead atoms. The molecule has 0 unspecified atom stereocenters. The van der Waals surface area contributed by atoms with Gasteiger partial charge in [0.2, 0.25) is 0 Å². The predicted molar refractivity (Wildman–Crippen MR) is 78.3 cm³/mol. The molecule has 0 spiro atoms. The summed E-state index contributed by atoms with van der Waals surface area (Å²) in [6.07, 6.45) is 0. The van der Waals surface area contributed by atoms with E-state index in [0.29, 0.717) is 12.3 Å². The van der Waals surface area contributed by atoms with E-state index in [-0.39, 0.29) is 5.75 Å². The van der Waals surface area contributed by atoms with Crippen molar-refractivity contribution in [3.05, 3.63) is 71.8 Å². The fourth-order valence-corrected chi connectivity index (χ4v) is 2.28. The zero-order valence-corrected chi connectivity index (χ0v) is 11.1. The van der Waals surface area contributed by atoms with E-state index in [1.54, 1.807) is 6.07 Å². The topological polar surface area (TPSA) is 35.2 Å². The Morgan fingerprint density at radius 1 is 0.857 bits per heavy atom. The number of nitrogens with two attached hydrogens (primary N) is 1. The van der Waals surface area contributed by atoms with Crippen molar-refractivity contribution in [2.24, 2.45) is 5.73 Å². The van der Waals surface area contributed by atoms with Crippen LogP contribution in [0.25, 0.3) is 10.8 Å². The molecule has 3 aromatic carbocycles. The van der Waals surface area contributed by atoms with Crippen LogP contribution in [0.2, 0.25) is 0 Å². The highest BCUT2D eigenvalue weighted by atomic mass is 19.1. The van der Waals surface area contributed by atoms with Crippen LogP contribution >= 0.6 is 0 Å². The third-order valence-electron chi connectivity index (χ3n) is 3.31. The quantitative estimate of drug-likeness (QED) is 0.775. The molecular weight excluding hydrogens is 272 g/mol. The summed E-state index contributed by atoms with van der Waals surface area (Å²) in [7, 11) is 0. The Morgan fingerprint density at radius 2 is 1.57 bits per heavy atom. The number of hydrogen-bond acceptors (Lipinski definition) is 2. The van der Waals surface area contributed by atoms with Crippen molar-refractivity contribution in [1.29, 1.82) is 0 Å². The summed E-state index contributed by atoms with van der Waals surface area (Å²) in [6.45, 7) is 0.408. The molecule has 4 heteroatoms. The number of rotatable bonds is 3. The van der Waals surface area contributed by atoms with Crippen molar-refractivity contribution in [3.8, 4) is 11.5 Å². The second-order valence-corrected chi connectivity index (χ2v) is 4.65. The first-order chi connectivity index (χ1) is 10.2. The van der Waals surface area contributed by atoms with Crippen molar-refractivity contribution < 1.29 is 13.5 Å². The van der Waals surface area contributed by atoms with E-state index in [1.165, 1.54) is 6.07 Å². The third-order valence-corrected chi connectivity index (χ3v) is 3.31. The van der Waals surface area contributed by atoms with E-state index in [1.807, 2.05) is 30.3 Å². The fourth-order valence-electron chi connectivity index (χ4n) is 2.28. The zero-order valence-electron chi connectivity index (χ0n) is 11.1. The van der Waals surface area contributed by atoms with Gasteiger partial charge in [-0.1, -0.05) is 30.3 Å². The normalized spacial score (nSPS) is 10.8. The minimum absolute atomic E-state index is 0.0120. The molecule has 0 heterocycles. The number of benzene rings is 3. The van der Waals surface area contributed by atoms with Crippen LogP contribution < -0.4 is 10.5 Å². The highest BCUT2D eigenvalue weighted by Gasteiger charge is 2.10. The average molecular weight is 285 g/mol. The van der Waals surface area contributed by atoms with E-state index < -0.39 is 11.6 Å². The minimum atomic E-state index is -0.734. The minimum Gasteiger partial charge on any atom is -0.454 e. The highest BCUT2D eigenvalue weighted by Crippen LogP contribution is 2.33. The van der Waals surface area contributed by atoms with Gasteiger partial charge < -0.3 is 10.5 Å². The van der Waals surface area contributed by atoms with Crippen molar-refractivity contribution >= 4 is 10.8 Å². The maximum atomic E-state index is 13.7. The van der Waals surface area contributed by atoms with Gasteiger partial charge in [-0.2, -0.15) is 0 Å². The van der Waals surface area contributed by atoms with E-state index in [9.17, 15) is 8.78 Å². The van der Waals surface area contributed by atoms with Crippen LogP contribution in [-0.2, 0) is 6.54 Å². The molecular formula is C17H13F2NO. The van der Waals surface area contributed by atoms with Gasteiger partial charge in [0, 0.05) is 18.0 Å². The lowest BCUT2D eigenvalue weighted by Gasteiger charge is -2.12. The summed E-state index contributed by atoms with van der Waals surface area (Å²) < 4.78 is 32.2. The van der Waals surface area contributed by atoms with Gasteiger partial charge in [-0.15, -0.1) is 0 Å². The predicted octanol–water partition coefficient (Wildman–Crippen LogP) is 4.37. The van der Waals surface area contributed by atoms with Gasteiger partial charge in [0.05, 0.1) is 0 Å². The first-order valence-corrected chi connectivity index (χ1v) is 6.52. The van der Waals surface area contributed by atoms with Gasteiger partial charge in [0.15, 0.2) is 11.6 Å². The van der Waals surface area contributed by atoms with Gasteiger partial charge in [0.25, 0.3) is 0 Å². The molecule has 3 rings (SSSR count). The largest absolute Gasteiger partial charge is 0.454 e. The van der Waals surface area contributed by atoms with Crippen LogP contribution in [0.4, 0.5) is 8.78 Å². The van der Waals surface area contributed by atoms with Crippen LogP contribution in [-0.4, -0.2) is 0 Å². The fraction of sp³-hybridized carbons (Fsp3) is 0.0588. The maximum Gasteiger partial charge on any atom is 0.168 e. The molecule has 3 aromatic rings. The molecule has 0 aromatic heterocycles. The second-order valence-electron chi connectivity index (χ2n) is 4.65. The lowest BCUT2D eigenvalue weighted by Crippen LogP contribution is -1.98. The molecule has 0 aliphatic heterocycles. The lowest BCUT2D eigenvalue weighted by molar-refractivity contribution is 0.441. The smallest absolute Gasteiger partial charge is 0.168 e. The SMILES string of the molecule is NCc1ccc(Oc2ccc(F)cc2F)c2ccccc12. The monoisotopic (exact) mass is 285 g/mol. The average Bonchev–Trinajstić information content (AvgIpc) is 2.50. The number of fused-ring (bicyclic) bond motifs is 1. The molecule has 0 aliphatic carbocycles. The van der Waals surface area contributed by atoms with E-state index in [0.717, 1.165) is 28.5 Å². The first kappa shape index (κ1) is 13.5. The lowest BCUT2D eigenvalue weighted by atomic mass is 10.0. The van der Waals surface area contributed by atoms with Crippen LogP contribution in [0.15, 0.2) is 54.6 Å². The molecule has 0 saturated heterocycles. The Bertz CT molecular complexity index is 802. The van der Waals surface area contributed by atoms with Crippen molar-refractivity contribution in [3.63, 3.8) is 0 Å². The maximum absolute atomic E-state index is 13.7. The Morgan fingerprint density at radius 3 is 2.29 bits per heavy atom. The molecule has 0 radical (unpaired) electrons. The van der Waals surface area contributed by atoms with Crippen LogP contribution in [0.5, 0.6) is 11.5 Å². The van der Waals surface area contributed by atoms with Gasteiger partial charge in [-0.3, -0.25) is 0 Å². The summed E-state index contributed by atoms with van der Waals surface area (Å²) in [6, 6.07) is 14.4. The molecule has 2 nitrogen and oxygen atoms in total. The first-order valence-electron chi connectivity index (χ1n) is 6.52. The Hall–Kier alpha value is -2.46. The zero-order chi connectivity index (χ0) is 14.8. The summed E-state index contributed by atoms with van der Waals surface area (Å²) in [5, 5.41) is 1.80. The van der Waals surface area contributed by atoms with Crippen LogP contribution in [0, 0.1) is 11.6 Å². The third kappa shape index (κ3) is 2.58. The number of halogens is 2. The molecule has 0 saturated carbocycles. The molecule has 106 valence electrons. The van der Waals surface area contributed by atoms with E-state index in [2.05, 4.69) is 0 Å². The number of ether oxygens (including phenoxy) is 1. The Labute approximate surface area is 120 Å². The molecule has 2 N–H and O–H groups in total. The van der Waals surface area contributed by atoms with E-state index >= 15 is 0 Å². The van der Waals surface area contributed by atoms with Gasteiger partial charge >= 0.3 is 0 Å². The van der Waals surface area contributed by atoms with Crippen LogP contribution in [0.1, 0.15) is 5.56 Å². The summed E-state index contributed by atoms with van der Waals surface area (Å²) >= 11 is 0. The molecule has 0 atom stereocenters. The highest BCUT2D eigenvalue weighted by molar-refractivity contribution is 5.91. The summed E-state index contributed by atoms with van der Waals surface area (Å²) in [5.41, 5.74) is 6.70. The van der Waals surface area contributed by atoms with Crippen molar-refractivity contribution in [2.45, 2.75) is 6.54 Å². The Kier molecular flexibility index (Phi) is 3.54. The Balaban J connectivity index is 2.09. The number of hydrogen-bond donors (Lipinski definition) is 1. The van der Waals surface area contributed by atoms with Crippen molar-refractivity contribution in [1.82, 2.24) is 0 Å².